The number of benzene rings is 1. The molecular formula is C12H18ClNO2. The lowest BCUT2D eigenvalue weighted by atomic mass is 10.0. The molecule has 3 nitrogen and oxygen atoms in total. The van der Waals surface area contributed by atoms with Crippen molar-refractivity contribution in [3.05, 3.63) is 27.8 Å². The lowest BCUT2D eigenvalue weighted by Crippen LogP contribution is -2.19. The number of ether oxygens (including phenoxy) is 1. The van der Waals surface area contributed by atoms with Crippen molar-refractivity contribution >= 4 is 11.6 Å². The maximum absolute atomic E-state index is 9.03. The average molecular weight is 244 g/mol. The lowest BCUT2D eigenvalue weighted by molar-refractivity contribution is 0.126. The van der Waals surface area contributed by atoms with Gasteiger partial charge in [0.2, 0.25) is 0 Å². The highest BCUT2D eigenvalue weighted by Gasteiger charge is 2.13. The van der Waals surface area contributed by atoms with Gasteiger partial charge in [-0.2, -0.15) is 0 Å². The molecule has 4 heteroatoms. The molecule has 90 valence electrons. The predicted molar refractivity (Wildman–Crippen MR) is 66.0 cm³/mol. The molecule has 0 bridgehead atoms. The molecule has 0 aromatic heterocycles. The largest absolute Gasteiger partial charge is 0.496 e. The smallest absolute Gasteiger partial charge is 0.123 e. The highest BCUT2D eigenvalue weighted by atomic mass is 35.5. The molecular weight excluding hydrogens is 226 g/mol. The van der Waals surface area contributed by atoms with Gasteiger partial charge in [0.15, 0.2) is 0 Å². The number of halogens is 1. The first-order valence-electron chi connectivity index (χ1n) is 5.13. The van der Waals surface area contributed by atoms with Crippen LogP contribution < -0.4 is 4.74 Å². The fourth-order valence-electron chi connectivity index (χ4n) is 1.66. The summed E-state index contributed by atoms with van der Waals surface area (Å²) in [6.45, 7) is 4.55. The van der Waals surface area contributed by atoms with Crippen LogP contribution in [0.5, 0.6) is 5.75 Å². The van der Waals surface area contributed by atoms with Gasteiger partial charge in [-0.25, -0.2) is 0 Å². The zero-order valence-corrected chi connectivity index (χ0v) is 10.9. The first kappa shape index (κ1) is 13.3. The number of nitrogens with zero attached hydrogens (tertiary/aromatic N) is 1. The highest BCUT2D eigenvalue weighted by Crippen LogP contribution is 2.32. The Balaban J connectivity index is 3.19. The van der Waals surface area contributed by atoms with Crippen LogP contribution in [0.4, 0.5) is 0 Å². The maximum atomic E-state index is 9.03. The van der Waals surface area contributed by atoms with E-state index in [9.17, 15) is 0 Å². The molecule has 0 aliphatic rings. The Morgan fingerprint density at radius 3 is 2.56 bits per heavy atom. The summed E-state index contributed by atoms with van der Waals surface area (Å²) < 4.78 is 5.34. The molecule has 0 radical (unpaired) electrons. The maximum Gasteiger partial charge on any atom is 0.123 e. The Morgan fingerprint density at radius 1 is 1.44 bits per heavy atom. The fourth-order valence-corrected chi connectivity index (χ4v) is 1.83. The van der Waals surface area contributed by atoms with Gasteiger partial charge in [0.1, 0.15) is 5.75 Å². The zero-order valence-electron chi connectivity index (χ0n) is 10.2. The van der Waals surface area contributed by atoms with E-state index in [1.165, 1.54) is 0 Å². The minimum atomic E-state index is 0.00803. The van der Waals surface area contributed by atoms with Crippen molar-refractivity contribution in [3.8, 4) is 5.75 Å². The topological polar surface area (TPSA) is 32.7 Å². The molecule has 0 saturated heterocycles. The SMILES string of the molecule is COc1cc(C)c(Cl)c(C)c1CN(C)CO. The number of aryl methyl sites for hydroxylation is 1. The summed E-state index contributed by atoms with van der Waals surface area (Å²) in [7, 11) is 3.48. The minimum Gasteiger partial charge on any atom is -0.496 e. The summed E-state index contributed by atoms with van der Waals surface area (Å²) in [5.41, 5.74) is 3.04. The van der Waals surface area contributed by atoms with Crippen LogP contribution in [0.3, 0.4) is 0 Å². The van der Waals surface area contributed by atoms with Gasteiger partial charge >= 0.3 is 0 Å². The summed E-state index contributed by atoms with van der Waals surface area (Å²) in [6.07, 6.45) is 0. The summed E-state index contributed by atoms with van der Waals surface area (Å²) in [6, 6.07) is 1.93. The molecule has 1 N–H and O–H groups in total. The molecule has 0 unspecified atom stereocenters. The summed E-state index contributed by atoms with van der Waals surface area (Å²) in [5.74, 6) is 0.819. The summed E-state index contributed by atoms with van der Waals surface area (Å²) in [5, 5.41) is 9.79. The van der Waals surface area contributed by atoms with Crippen LogP contribution in [0.2, 0.25) is 5.02 Å². The molecule has 16 heavy (non-hydrogen) atoms. The van der Waals surface area contributed by atoms with E-state index in [-0.39, 0.29) is 6.73 Å². The third kappa shape index (κ3) is 2.67. The monoisotopic (exact) mass is 243 g/mol. The Hall–Kier alpha value is -0.770. The molecule has 0 aliphatic heterocycles. The number of rotatable bonds is 4. The normalized spacial score (nSPS) is 10.9. The van der Waals surface area contributed by atoms with Crippen LogP contribution in [0, 0.1) is 13.8 Å². The van der Waals surface area contributed by atoms with Crippen LogP contribution in [-0.4, -0.2) is 30.9 Å². The van der Waals surface area contributed by atoms with Gasteiger partial charge in [-0.15, -0.1) is 0 Å². The van der Waals surface area contributed by atoms with Crippen LogP contribution in [-0.2, 0) is 6.54 Å². The van der Waals surface area contributed by atoms with Crippen LogP contribution in [0.25, 0.3) is 0 Å². The van der Waals surface area contributed by atoms with Crippen molar-refractivity contribution in [2.45, 2.75) is 20.4 Å². The first-order valence-corrected chi connectivity index (χ1v) is 5.51. The van der Waals surface area contributed by atoms with E-state index in [2.05, 4.69) is 0 Å². The third-order valence-electron chi connectivity index (χ3n) is 2.66. The molecule has 0 spiro atoms. The molecule has 1 aromatic carbocycles. The second-order valence-corrected chi connectivity index (χ2v) is 4.35. The number of hydrogen-bond donors (Lipinski definition) is 1. The van der Waals surface area contributed by atoms with Crippen molar-refractivity contribution in [3.63, 3.8) is 0 Å². The predicted octanol–water partition coefficient (Wildman–Crippen LogP) is 2.35. The Morgan fingerprint density at radius 2 is 2.06 bits per heavy atom. The molecule has 0 atom stereocenters. The van der Waals surface area contributed by atoms with Gasteiger partial charge in [-0.3, -0.25) is 4.90 Å². The summed E-state index contributed by atoms with van der Waals surface area (Å²) in [4.78, 5) is 1.79. The minimum absolute atomic E-state index is 0.00803. The number of hydrogen-bond acceptors (Lipinski definition) is 3. The van der Waals surface area contributed by atoms with Gasteiger partial charge < -0.3 is 9.84 Å². The van der Waals surface area contributed by atoms with Crippen molar-refractivity contribution in [1.82, 2.24) is 4.90 Å². The quantitative estimate of drug-likeness (QED) is 0.824. The molecule has 1 rings (SSSR count). The lowest BCUT2D eigenvalue weighted by Gasteiger charge is -2.19. The molecule has 0 heterocycles. The third-order valence-corrected chi connectivity index (χ3v) is 3.24. The molecule has 0 amide bonds. The Bertz CT molecular complexity index is 380. The van der Waals surface area contributed by atoms with Crippen LogP contribution >= 0.6 is 11.6 Å². The van der Waals surface area contributed by atoms with Gasteiger partial charge in [0.05, 0.1) is 13.8 Å². The van der Waals surface area contributed by atoms with E-state index >= 15 is 0 Å². The fraction of sp³-hybridized carbons (Fsp3) is 0.500. The standard InChI is InChI=1S/C12H18ClNO2/c1-8-5-11(16-4)10(6-14(3)7-15)9(2)12(8)13/h5,15H,6-7H2,1-4H3. The van der Waals surface area contributed by atoms with Gasteiger partial charge in [-0.05, 0) is 38.1 Å². The molecule has 1 aromatic rings. The highest BCUT2D eigenvalue weighted by molar-refractivity contribution is 6.32. The number of aliphatic hydroxyl groups excluding tert-OH is 1. The summed E-state index contributed by atoms with van der Waals surface area (Å²) >= 11 is 6.20. The van der Waals surface area contributed by atoms with Gasteiger partial charge in [0, 0.05) is 17.1 Å². The second-order valence-electron chi connectivity index (χ2n) is 3.97. The Labute approximate surface area is 102 Å². The average Bonchev–Trinajstić information content (AvgIpc) is 2.29. The van der Waals surface area contributed by atoms with Crippen molar-refractivity contribution in [2.75, 3.05) is 20.9 Å². The van der Waals surface area contributed by atoms with Crippen molar-refractivity contribution < 1.29 is 9.84 Å². The molecule has 0 aliphatic carbocycles. The van der Waals surface area contributed by atoms with E-state index in [4.69, 9.17) is 21.4 Å². The van der Waals surface area contributed by atoms with Gasteiger partial charge in [-0.1, -0.05) is 11.6 Å². The van der Waals surface area contributed by atoms with Gasteiger partial charge in [0.25, 0.3) is 0 Å². The first-order chi connectivity index (χ1) is 7.51. The number of methoxy groups -OCH3 is 1. The van der Waals surface area contributed by atoms with Crippen molar-refractivity contribution in [1.29, 1.82) is 0 Å². The number of aliphatic hydroxyl groups is 1. The van der Waals surface area contributed by atoms with Crippen LogP contribution in [0.1, 0.15) is 16.7 Å². The Kier molecular flexibility index (Phi) is 4.59. The van der Waals surface area contributed by atoms with E-state index in [0.29, 0.717) is 6.54 Å². The molecule has 0 saturated carbocycles. The molecule has 0 fully saturated rings. The van der Waals surface area contributed by atoms with E-state index in [1.807, 2.05) is 27.0 Å². The second kappa shape index (κ2) is 5.53. The van der Waals surface area contributed by atoms with E-state index in [1.54, 1.807) is 12.0 Å². The van der Waals surface area contributed by atoms with E-state index < -0.39 is 0 Å². The van der Waals surface area contributed by atoms with E-state index in [0.717, 1.165) is 27.5 Å². The van der Waals surface area contributed by atoms with Crippen molar-refractivity contribution in [2.24, 2.45) is 0 Å². The van der Waals surface area contributed by atoms with Crippen LogP contribution in [0.15, 0.2) is 6.07 Å². The zero-order chi connectivity index (χ0) is 12.3.